The molecule has 4 bridgehead atoms. The van der Waals surface area contributed by atoms with Crippen molar-refractivity contribution in [2.75, 3.05) is 37.1 Å². The average Bonchev–Trinajstić information content (AvgIpc) is 3.13. The zero-order valence-electron chi connectivity index (χ0n) is 16.4. The highest BCUT2D eigenvalue weighted by Gasteiger charge is 2.20. The molecule has 1 amide bonds. The number of nitrogens with zero attached hydrogens (tertiary/aromatic N) is 3. The van der Waals surface area contributed by atoms with E-state index in [4.69, 9.17) is 15.2 Å². The van der Waals surface area contributed by atoms with Crippen LogP contribution >= 0.6 is 0 Å². The van der Waals surface area contributed by atoms with Crippen molar-refractivity contribution in [2.45, 2.75) is 19.6 Å². The largest absolute Gasteiger partial charge is 0.478 e. The Morgan fingerprint density at radius 1 is 1.41 bits per heavy atom. The Kier molecular flexibility index (Phi) is 4.85. The average molecular weight is 397 g/mol. The molecule has 29 heavy (non-hydrogen) atoms. The first-order valence-corrected chi connectivity index (χ1v) is 9.18. The molecule has 2 aromatic heterocycles. The SMILES string of the molecule is CNc1cc2cc(c1N)Nc1cn3c(cnc3c(OC)n1)C(=O)NC(C)COC2. The van der Waals surface area contributed by atoms with Crippen molar-refractivity contribution in [1.82, 2.24) is 19.7 Å². The van der Waals surface area contributed by atoms with Crippen molar-refractivity contribution in [3.05, 3.63) is 35.8 Å². The standard InChI is InChI=1S/C19H23N7O3/c1-10-8-29-9-11-4-12(21-2)16(20)13(5-11)24-15-7-26-14(18(27)23-10)6-22-17(26)19(25-15)28-3/h4-7,10,21,24H,8-9,20H2,1-3H3,(H,23,27). The van der Waals surface area contributed by atoms with E-state index in [0.29, 0.717) is 47.6 Å². The molecule has 0 aliphatic carbocycles. The van der Waals surface area contributed by atoms with Crippen LogP contribution in [0.2, 0.25) is 0 Å². The van der Waals surface area contributed by atoms with Gasteiger partial charge in [-0.2, -0.15) is 4.98 Å². The van der Waals surface area contributed by atoms with E-state index in [-0.39, 0.29) is 11.9 Å². The van der Waals surface area contributed by atoms with E-state index in [1.54, 1.807) is 17.6 Å². The van der Waals surface area contributed by atoms with Gasteiger partial charge in [0.15, 0.2) is 5.82 Å². The number of hydrogen-bond acceptors (Lipinski definition) is 8. The molecule has 1 aliphatic heterocycles. The van der Waals surface area contributed by atoms with Crippen molar-refractivity contribution < 1.29 is 14.3 Å². The Morgan fingerprint density at radius 3 is 3.00 bits per heavy atom. The van der Waals surface area contributed by atoms with E-state index >= 15 is 0 Å². The first kappa shape index (κ1) is 18.8. The van der Waals surface area contributed by atoms with Gasteiger partial charge in [0.2, 0.25) is 5.65 Å². The Morgan fingerprint density at radius 2 is 2.24 bits per heavy atom. The summed E-state index contributed by atoms with van der Waals surface area (Å²) in [4.78, 5) is 21.5. The first-order valence-electron chi connectivity index (χ1n) is 9.18. The number of imidazole rings is 1. The number of nitrogens with one attached hydrogen (secondary N) is 3. The maximum atomic E-state index is 12.7. The Labute approximate surface area is 167 Å². The van der Waals surface area contributed by atoms with Crippen molar-refractivity contribution in [3.8, 4) is 5.88 Å². The van der Waals surface area contributed by atoms with Crippen LogP contribution in [0.3, 0.4) is 0 Å². The molecule has 5 N–H and O–H groups in total. The summed E-state index contributed by atoms with van der Waals surface area (Å²) in [6.45, 7) is 2.62. The molecule has 1 aromatic carbocycles. The van der Waals surface area contributed by atoms with E-state index < -0.39 is 0 Å². The molecule has 0 radical (unpaired) electrons. The van der Waals surface area contributed by atoms with Gasteiger partial charge in [0.05, 0.1) is 49.8 Å². The number of hydrogen-bond donors (Lipinski definition) is 4. The third kappa shape index (κ3) is 3.49. The van der Waals surface area contributed by atoms with Crippen LogP contribution < -0.4 is 26.4 Å². The van der Waals surface area contributed by atoms with Crippen LogP contribution in [0.25, 0.3) is 5.65 Å². The minimum absolute atomic E-state index is 0.186. The second kappa shape index (κ2) is 7.47. The lowest BCUT2D eigenvalue weighted by Gasteiger charge is -2.18. The smallest absolute Gasteiger partial charge is 0.270 e. The number of nitrogens with two attached hydrogens (primary N) is 1. The number of amides is 1. The summed E-state index contributed by atoms with van der Waals surface area (Å²) in [5.41, 5.74) is 10.0. The Bertz CT molecular complexity index is 1080. The molecule has 10 heteroatoms. The van der Waals surface area contributed by atoms with Crippen LogP contribution in [0.1, 0.15) is 23.0 Å². The summed E-state index contributed by atoms with van der Waals surface area (Å²) < 4.78 is 12.8. The fourth-order valence-electron chi connectivity index (χ4n) is 3.26. The summed E-state index contributed by atoms with van der Waals surface area (Å²) in [5.74, 6) is 0.486. The maximum Gasteiger partial charge on any atom is 0.270 e. The van der Waals surface area contributed by atoms with E-state index in [1.165, 1.54) is 13.3 Å². The summed E-state index contributed by atoms with van der Waals surface area (Å²) in [7, 11) is 3.31. The molecule has 0 fully saturated rings. The zero-order valence-corrected chi connectivity index (χ0v) is 16.4. The number of ether oxygens (including phenoxy) is 2. The van der Waals surface area contributed by atoms with Gasteiger partial charge in [0.25, 0.3) is 11.8 Å². The van der Waals surface area contributed by atoms with E-state index in [9.17, 15) is 4.79 Å². The number of benzene rings is 1. The number of nitrogen functional groups attached to an aromatic ring is 1. The highest BCUT2D eigenvalue weighted by Crippen LogP contribution is 2.32. The topological polar surface area (TPSA) is 128 Å². The van der Waals surface area contributed by atoms with Crippen molar-refractivity contribution in [3.63, 3.8) is 0 Å². The summed E-state index contributed by atoms with van der Waals surface area (Å²) in [5, 5.41) is 9.24. The van der Waals surface area contributed by atoms with Crippen LogP contribution in [0.15, 0.2) is 24.5 Å². The quantitative estimate of drug-likeness (QED) is 0.482. The van der Waals surface area contributed by atoms with Gasteiger partial charge in [0.1, 0.15) is 5.69 Å². The fraction of sp³-hybridized carbons (Fsp3) is 0.316. The normalized spacial score (nSPS) is 16.8. The van der Waals surface area contributed by atoms with E-state index in [0.717, 1.165) is 11.3 Å². The van der Waals surface area contributed by atoms with Gasteiger partial charge in [-0.3, -0.25) is 9.20 Å². The molecule has 4 rings (SSSR count). The van der Waals surface area contributed by atoms with Crippen LogP contribution in [0.4, 0.5) is 22.9 Å². The van der Waals surface area contributed by atoms with Gasteiger partial charge in [-0.25, -0.2) is 4.98 Å². The number of carbonyl (C=O) groups is 1. The molecule has 3 aromatic rings. The number of methoxy groups -OCH3 is 1. The van der Waals surface area contributed by atoms with Gasteiger partial charge in [-0.15, -0.1) is 0 Å². The van der Waals surface area contributed by atoms with Gasteiger partial charge in [-0.1, -0.05) is 0 Å². The molecule has 152 valence electrons. The lowest BCUT2D eigenvalue weighted by atomic mass is 10.1. The zero-order chi connectivity index (χ0) is 20.5. The number of rotatable bonds is 2. The van der Waals surface area contributed by atoms with Crippen molar-refractivity contribution in [2.24, 2.45) is 0 Å². The summed E-state index contributed by atoms with van der Waals surface area (Å²) >= 11 is 0. The molecule has 1 atom stereocenters. The van der Waals surface area contributed by atoms with Gasteiger partial charge < -0.3 is 31.2 Å². The highest BCUT2D eigenvalue weighted by atomic mass is 16.5. The van der Waals surface area contributed by atoms with Crippen LogP contribution in [-0.2, 0) is 11.3 Å². The lowest BCUT2D eigenvalue weighted by Crippen LogP contribution is -2.36. The van der Waals surface area contributed by atoms with Crippen molar-refractivity contribution in [1.29, 1.82) is 0 Å². The predicted molar refractivity (Wildman–Crippen MR) is 110 cm³/mol. The summed E-state index contributed by atoms with van der Waals surface area (Å²) in [6, 6.07) is 3.66. The number of carbonyl (C=O) groups excluding carboxylic acids is 1. The molecule has 1 aliphatic rings. The number of fused-ring (bicyclic) bond motifs is 3. The molecule has 0 saturated heterocycles. The fourth-order valence-corrected chi connectivity index (χ4v) is 3.26. The molecule has 1 unspecified atom stereocenters. The number of anilines is 4. The molecule has 3 heterocycles. The Balaban J connectivity index is 1.90. The Hall–Kier alpha value is -3.53. The van der Waals surface area contributed by atoms with E-state index in [2.05, 4.69) is 25.9 Å². The third-order valence-electron chi connectivity index (χ3n) is 4.67. The minimum Gasteiger partial charge on any atom is -0.478 e. The molecule has 0 spiro atoms. The van der Waals surface area contributed by atoms with Gasteiger partial charge >= 0.3 is 0 Å². The van der Waals surface area contributed by atoms with E-state index in [1.807, 2.05) is 19.1 Å². The van der Waals surface area contributed by atoms with Crippen LogP contribution in [0.5, 0.6) is 5.88 Å². The summed E-state index contributed by atoms with van der Waals surface area (Å²) in [6.07, 6.45) is 3.18. The third-order valence-corrected chi connectivity index (χ3v) is 4.67. The van der Waals surface area contributed by atoms with Crippen molar-refractivity contribution >= 4 is 34.4 Å². The second-order valence-corrected chi connectivity index (χ2v) is 6.84. The van der Waals surface area contributed by atoms with Gasteiger partial charge in [0, 0.05) is 13.1 Å². The lowest BCUT2D eigenvalue weighted by molar-refractivity contribution is 0.0816. The number of aromatic nitrogens is 3. The highest BCUT2D eigenvalue weighted by molar-refractivity contribution is 5.94. The molecular formula is C19H23N7O3. The monoisotopic (exact) mass is 397 g/mol. The molecular weight excluding hydrogens is 374 g/mol. The van der Waals surface area contributed by atoms with Gasteiger partial charge in [-0.05, 0) is 24.6 Å². The predicted octanol–water partition coefficient (Wildman–Crippen LogP) is 1.75. The first-order chi connectivity index (χ1) is 14.0. The maximum absolute atomic E-state index is 12.7. The van der Waals surface area contributed by atoms with Crippen LogP contribution in [-0.4, -0.2) is 47.1 Å². The molecule has 0 saturated carbocycles. The minimum atomic E-state index is -0.264. The molecule has 10 nitrogen and oxygen atoms in total. The van der Waals surface area contributed by atoms with Crippen LogP contribution in [0, 0.1) is 0 Å². The second-order valence-electron chi connectivity index (χ2n) is 6.84.